The third kappa shape index (κ3) is 7.85. The van der Waals surface area contributed by atoms with Crippen LogP contribution in [0.15, 0.2) is 203 Å². The first kappa shape index (κ1) is 44.1. The number of H-pyrrole nitrogens is 1. The fourth-order valence-electron chi connectivity index (χ4n) is 10.0. The summed E-state index contributed by atoms with van der Waals surface area (Å²) < 4.78 is 4.84. The highest BCUT2D eigenvalue weighted by Gasteiger charge is 2.24. The maximum atomic E-state index is 4.41. The van der Waals surface area contributed by atoms with Crippen molar-refractivity contribution in [3.8, 4) is 16.8 Å². The summed E-state index contributed by atoms with van der Waals surface area (Å²) in [5.41, 5.74) is 19.3. The summed E-state index contributed by atoms with van der Waals surface area (Å²) in [4.78, 5) is 6.22. The zero-order valence-electron chi connectivity index (χ0n) is 39.0. The summed E-state index contributed by atoms with van der Waals surface area (Å²) in [6.45, 7) is 26.9. The van der Waals surface area contributed by atoms with Crippen molar-refractivity contribution in [3.05, 3.63) is 231 Å². The molecular formula is C63H58N4. The monoisotopic (exact) mass is 870 g/mol. The standard InChI is InChI=1S/C57H46N4.C4H6.C2H6/c1-5-8-15-30-60-54-28-26-40(59-29-16-9-10-18-37(4)43-19-11-13-21-53(43)59)33-50(54)49-32-39-24-23-38-31-47-48-34-41(25-27-51(48)58-52(47)35-45(38)46(39)36-57(49)60)61-55(17-6-2)42(7-3)44-20-12-14-22-56(44)61;1-3-4-2;1-2/h5-22,25-28,31-36,58H,1,3-4,23-24,29-30H2,2H3;3-4H,1-2H2;1-2H3/b15-8-,16-9-,17-6-,18-10-;;. The van der Waals surface area contributed by atoms with Gasteiger partial charge in [-0.25, -0.2) is 0 Å². The Balaban J connectivity index is 0.000000892. The fraction of sp³-hybridized carbons (Fsp3) is 0.111. The zero-order chi connectivity index (χ0) is 46.6. The van der Waals surface area contributed by atoms with Crippen molar-refractivity contribution in [3.63, 3.8) is 0 Å². The number of aryl methyl sites for hydroxylation is 2. The Bertz CT molecular complexity index is 3540. The minimum absolute atomic E-state index is 0.752. The summed E-state index contributed by atoms with van der Waals surface area (Å²) in [5, 5.41) is 6.26. The van der Waals surface area contributed by atoms with Crippen LogP contribution in [0.2, 0.25) is 0 Å². The van der Waals surface area contributed by atoms with Crippen LogP contribution in [0.1, 0.15) is 48.7 Å². The van der Waals surface area contributed by atoms with E-state index in [0.717, 1.165) is 76.4 Å². The van der Waals surface area contributed by atoms with Crippen molar-refractivity contribution in [2.24, 2.45) is 0 Å². The average Bonchev–Trinajstić information content (AvgIpc) is 4.01. The maximum Gasteiger partial charge on any atom is 0.0541 e. The number of allylic oxidation sites excluding steroid dienone is 10. The minimum Gasteiger partial charge on any atom is -0.354 e. The van der Waals surface area contributed by atoms with Crippen LogP contribution in [0.4, 0.5) is 11.4 Å². The number of hydrogen-bond acceptors (Lipinski definition) is 1. The molecule has 6 aromatic carbocycles. The van der Waals surface area contributed by atoms with Gasteiger partial charge in [0.05, 0.1) is 16.7 Å². The molecular weight excluding hydrogens is 813 g/mol. The van der Waals surface area contributed by atoms with Crippen molar-refractivity contribution in [1.29, 1.82) is 0 Å². The van der Waals surface area contributed by atoms with Crippen molar-refractivity contribution < 1.29 is 0 Å². The number of rotatable bonds is 8. The highest BCUT2D eigenvalue weighted by atomic mass is 15.1. The van der Waals surface area contributed by atoms with Crippen LogP contribution in [0.25, 0.3) is 89.1 Å². The van der Waals surface area contributed by atoms with Crippen LogP contribution in [0.5, 0.6) is 0 Å². The quantitative estimate of drug-likeness (QED) is 0.151. The van der Waals surface area contributed by atoms with Gasteiger partial charge in [0.1, 0.15) is 0 Å². The zero-order valence-corrected chi connectivity index (χ0v) is 39.0. The number of nitrogens with one attached hydrogen (secondary N) is 1. The van der Waals surface area contributed by atoms with Crippen LogP contribution < -0.4 is 4.90 Å². The normalized spacial score (nSPS) is 14.1. The molecule has 0 saturated carbocycles. The number of aromatic nitrogens is 3. The summed E-state index contributed by atoms with van der Waals surface area (Å²) in [7, 11) is 0. The van der Waals surface area contributed by atoms with Gasteiger partial charge in [0.15, 0.2) is 0 Å². The molecule has 1 aliphatic heterocycles. The van der Waals surface area contributed by atoms with E-state index < -0.39 is 0 Å². The Hall–Kier alpha value is -8.08. The summed E-state index contributed by atoms with van der Waals surface area (Å²) >= 11 is 0. The maximum absolute atomic E-state index is 4.41. The smallest absolute Gasteiger partial charge is 0.0541 e. The molecule has 0 saturated heterocycles. The van der Waals surface area contributed by atoms with E-state index in [0.29, 0.717) is 0 Å². The van der Waals surface area contributed by atoms with E-state index in [1.54, 1.807) is 12.2 Å². The molecule has 11 rings (SSSR count). The molecule has 3 aromatic heterocycles. The third-order valence-electron chi connectivity index (χ3n) is 13.0. The molecule has 0 unspecified atom stereocenters. The van der Waals surface area contributed by atoms with Gasteiger partial charge in [0.2, 0.25) is 0 Å². The lowest BCUT2D eigenvalue weighted by Crippen LogP contribution is -2.18. The van der Waals surface area contributed by atoms with Gasteiger partial charge < -0.3 is 19.0 Å². The van der Waals surface area contributed by atoms with E-state index >= 15 is 0 Å². The first-order chi connectivity index (χ1) is 33.0. The molecule has 0 amide bonds. The molecule has 67 heavy (non-hydrogen) atoms. The van der Waals surface area contributed by atoms with Gasteiger partial charge in [-0.1, -0.05) is 150 Å². The number of aromatic amines is 1. The topological polar surface area (TPSA) is 28.9 Å². The van der Waals surface area contributed by atoms with Crippen LogP contribution in [-0.4, -0.2) is 20.7 Å². The predicted molar refractivity (Wildman–Crippen MR) is 295 cm³/mol. The molecule has 4 heteroatoms. The van der Waals surface area contributed by atoms with Gasteiger partial charge in [-0.15, -0.1) is 0 Å². The van der Waals surface area contributed by atoms with Gasteiger partial charge in [0.25, 0.3) is 0 Å². The molecule has 1 N–H and O–H groups in total. The highest BCUT2D eigenvalue weighted by molar-refractivity contribution is 6.13. The van der Waals surface area contributed by atoms with Crippen LogP contribution in [-0.2, 0) is 19.4 Å². The lowest BCUT2D eigenvalue weighted by atomic mass is 9.84. The third-order valence-corrected chi connectivity index (χ3v) is 13.0. The van der Waals surface area contributed by atoms with Crippen molar-refractivity contribution >= 4 is 83.6 Å². The number of nitrogens with zero attached hydrogens (tertiary/aromatic N) is 3. The van der Waals surface area contributed by atoms with E-state index in [1.807, 2.05) is 32.1 Å². The van der Waals surface area contributed by atoms with E-state index in [9.17, 15) is 0 Å². The molecule has 0 fully saturated rings. The molecule has 0 atom stereocenters. The molecule has 0 radical (unpaired) electrons. The summed E-state index contributed by atoms with van der Waals surface area (Å²) in [6, 6.07) is 40.8. The van der Waals surface area contributed by atoms with E-state index in [1.165, 1.54) is 65.7 Å². The number of para-hydroxylation sites is 2. The average molecular weight is 871 g/mol. The van der Waals surface area contributed by atoms with Gasteiger partial charge in [-0.2, -0.15) is 0 Å². The summed E-state index contributed by atoms with van der Waals surface area (Å²) in [5.74, 6) is 0. The van der Waals surface area contributed by atoms with Crippen LogP contribution >= 0.6 is 0 Å². The number of anilines is 2. The van der Waals surface area contributed by atoms with E-state index in [-0.39, 0.29) is 0 Å². The molecule has 1 aliphatic carbocycles. The highest BCUT2D eigenvalue weighted by Crippen LogP contribution is 2.44. The van der Waals surface area contributed by atoms with Crippen molar-refractivity contribution in [2.45, 2.75) is 40.2 Å². The van der Waals surface area contributed by atoms with E-state index in [4.69, 9.17) is 0 Å². The fourth-order valence-corrected chi connectivity index (χ4v) is 10.0. The molecule has 330 valence electrons. The Labute approximate surface area is 395 Å². The Kier molecular flexibility index (Phi) is 12.6. The van der Waals surface area contributed by atoms with Gasteiger partial charge in [-0.05, 0) is 126 Å². The minimum atomic E-state index is 0.752. The van der Waals surface area contributed by atoms with Gasteiger partial charge >= 0.3 is 0 Å². The SMILES string of the molecule is C=C/C=C\Cn1c2ccc(N3C/C=C\C=C/C(=C)c4ccccc43)cc2c2cc3c(cc21)-c1cc2[nH]c4ccc(-n5c(/C=C\C)c(C=C)c6ccccc65)cc4c2cc1CC3.C=CC=C.CC. The number of benzene rings is 6. The van der Waals surface area contributed by atoms with Crippen LogP contribution in [0, 0.1) is 0 Å². The molecule has 2 aliphatic rings. The largest absolute Gasteiger partial charge is 0.354 e. The van der Waals surface area contributed by atoms with Crippen molar-refractivity contribution in [2.75, 3.05) is 11.4 Å². The molecule has 9 aromatic rings. The first-order valence-electron chi connectivity index (χ1n) is 23.4. The van der Waals surface area contributed by atoms with Gasteiger partial charge in [-0.3, -0.25) is 0 Å². The first-order valence-corrected chi connectivity index (χ1v) is 23.4. The summed E-state index contributed by atoms with van der Waals surface area (Å²) in [6.07, 6.45) is 26.2. The Morgan fingerprint density at radius 1 is 0.627 bits per heavy atom. The molecule has 0 bridgehead atoms. The molecule has 0 spiro atoms. The predicted octanol–water partition coefficient (Wildman–Crippen LogP) is 17.2. The number of hydrogen-bond donors (Lipinski definition) is 1. The molecule has 4 nitrogen and oxygen atoms in total. The Morgan fingerprint density at radius 3 is 2.10 bits per heavy atom. The lowest BCUT2D eigenvalue weighted by molar-refractivity contribution is 0.896. The van der Waals surface area contributed by atoms with Gasteiger partial charge in [0, 0.05) is 84.8 Å². The van der Waals surface area contributed by atoms with Crippen molar-refractivity contribution in [1.82, 2.24) is 14.1 Å². The second kappa shape index (κ2) is 19.2. The second-order valence-corrected chi connectivity index (χ2v) is 16.7. The van der Waals surface area contributed by atoms with E-state index in [2.05, 4.69) is 211 Å². The lowest BCUT2D eigenvalue weighted by Gasteiger charge is -2.26. The second-order valence-electron chi connectivity index (χ2n) is 16.7. The Morgan fingerprint density at radius 2 is 1.33 bits per heavy atom. The molecule has 4 heterocycles. The van der Waals surface area contributed by atoms with Crippen LogP contribution in [0.3, 0.4) is 0 Å². The number of fused-ring (bicyclic) bond motifs is 11.